The molecule has 0 aliphatic heterocycles. The first-order chi connectivity index (χ1) is 9.51. The van der Waals surface area contributed by atoms with Crippen molar-refractivity contribution in [1.82, 2.24) is 9.97 Å². The maximum absolute atomic E-state index is 10.9. The van der Waals surface area contributed by atoms with E-state index in [0.717, 1.165) is 10.2 Å². The average molecular weight is 337 g/mol. The SMILES string of the molecule is CN(C)c1nc(N)c(N=O)c(Nc2ccc(Br)cc2)n1. The van der Waals surface area contributed by atoms with Crippen molar-refractivity contribution >= 4 is 44.9 Å². The summed E-state index contributed by atoms with van der Waals surface area (Å²) in [7, 11) is 3.57. The molecule has 7 nitrogen and oxygen atoms in total. The Morgan fingerprint density at radius 3 is 2.45 bits per heavy atom. The van der Waals surface area contributed by atoms with Crippen molar-refractivity contribution in [3.8, 4) is 0 Å². The summed E-state index contributed by atoms with van der Waals surface area (Å²) in [5.41, 5.74) is 6.49. The lowest BCUT2D eigenvalue weighted by molar-refractivity contribution is 1.00. The number of halogens is 1. The Labute approximate surface area is 124 Å². The fourth-order valence-electron chi connectivity index (χ4n) is 1.51. The van der Waals surface area contributed by atoms with E-state index in [1.54, 1.807) is 19.0 Å². The van der Waals surface area contributed by atoms with E-state index < -0.39 is 0 Å². The maximum atomic E-state index is 10.9. The van der Waals surface area contributed by atoms with E-state index in [9.17, 15) is 4.91 Å². The van der Waals surface area contributed by atoms with Crippen LogP contribution in [0.5, 0.6) is 0 Å². The number of rotatable bonds is 4. The standard InChI is InChI=1S/C12H13BrN6O/c1-19(2)12-16-10(14)9(18-20)11(17-12)15-8-5-3-7(13)4-6-8/h3-6H,1-2H3,(H3,14,15,16,17). The van der Waals surface area contributed by atoms with Crippen molar-refractivity contribution in [2.24, 2.45) is 5.18 Å². The molecule has 0 amide bonds. The Bertz CT molecular complexity index is 629. The van der Waals surface area contributed by atoms with Gasteiger partial charge in [-0.3, -0.25) is 0 Å². The summed E-state index contributed by atoms with van der Waals surface area (Å²) in [5, 5.41) is 5.91. The Morgan fingerprint density at radius 2 is 1.90 bits per heavy atom. The highest BCUT2D eigenvalue weighted by Crippen LogP contribution is 2.32. The van der Waals surface area contributed by atoms with Crippen molar-refractivity contribution in [2.75, 3.05) is 30.0 Å². The van der Waals surface area contributed by atoms with Crippen LogP contribution in [0.15, 0.2) is 33.9 Å². The van der Waals surface area contributed by atoms with Gasteiger partial charge in [-0.25, -0.2) is 0 Å². The lowest BCUT2D eigenvalue weighted by atomic mass is 10.3. The van der Waals surface area contributed by atoms with Crippen LogP contribution in [-0.2, 0) is 0 Å². The molecule has 0 atom stereocenters. The highest BCUT2D eigenvalue weighted by molar-refractivity contribution is 9.10. The number of nitrogens with one attached hydrogen (secondary N) is 1. The largest absolute Gasteiger partial charge is 0.382 e. The van der Waals surface area contributed by atoms with Crippen molar-refractivity contribution in [3.05, 3.63) is 33.6 Å². The number of benzene rings is 1. The molecule has 0 unspecified atom stereocenters. The molecule has 1 heterocycles. The van der Waals surface area contributed by atoms with Gasteiger partial charge in [-0.2, -0.15) is 9.97 Å². The molecule has 20 heavy (non-hydrogen) atoms. The van der Waals surface area contributed by atoms with E-state index in [0.29, 0.717) is 5.95 Å². The van der Waals surface area contributed by atoms with Crippen molar-refractivity contribution in [3.63, 3.8) is 0 Å². The Balaban J connectivity index is 2.43. The number of nitroso groups, excluding NO2 is 1. The van der Waals surface area contributed by atoms with E-state index in [4.69, 9.17) is 5.73 Å². The monoisotopic (exact) mass is 336 g/mol. The summed E-state index contributed by atoms with van der Waals surface area (Å²) in [6.07, 6.45) is 0. The number of aromatic nitrogens is 2. The molecule has 8 heteroatoms. The number of nitrogens with zero attached hydrogens (tertiary/aromatic N) is 4. The Hall–Kier alpha value is -2.22. The van der Waals surface area contributed by atoms with Crippen molar-refractivity contribution in [1.29, 1.82) is 0 Å². The number of nitrogens with two attached hydrogens (primary N) is 1. The van der Waals surface area contributed by atoms with Gasteiger partial charge in [0.2, 0.25) is 5.95 Å². The molecule has 2 rings (SSSR count). The second-order valence-corrected chi connectivity index (χ2v) is 5.14. The maximum Gasteiger partial charge on any atom is 0.228 e. The van der Waals surface area contributed by atoms with Crippen molar-refractivity contribution in [2.45, 2.75) is 0 Å². The molecule has 0 bridgehead atoms. The number of hydrogen-bond acceptors (Lipinski definition) is 7. The summed E-state index contributed by atoms with van der Waals surface area (Å²) >= 11 is 3.35. The molecule has 1 aromatic heterocycles. The number of hydrogen-bond donors (Lipinski definition) is 2. The molecule has 0 spiro atoms. The minimum atomic E-state index is -0.00137. The van der Waals surface area contributed by atoms with Crippen LogP contribution < -0.4 is 16.0 Å². The third-order valence-electron chi connectivity index (χ3n) is 2.50. The van der Waals surface area contributed by atoms with E-state index >= 15 is 0 Å². The third kappa shape index (κ3) is 3.02. The number of nitrogen functional groups attached to an aromatic ring is 1. The van der Waals surface area contributed by atoms with Crippen molar-refractivity contribution < 1.29 is 0 Å². The molecule has 0 saturated carbocycles. The fraction of sp³-hybridized carbons (Fsp3) is 0.167. The molecule has 0 radical (unpaired) electrons. The van der Waals surface area contributed by atoms with Gasteiger partial charge in [-0.05, 0) is 29.4 Å². The summed E-state index contributed by atoms with van der Waals surface area (Å²) in [4.78, 5) is 20.8. The van der Waals surface area contributed by atoms with Crippen LogP contribution in [0.2, 0.25) is 0 Å². The van der Waals surface area contributed by atoms with Gasteiger partial charge in [-0.15, -0.1) is 4.91 Å². The van der Waals surface area contributed by atoms with Gasteiger partial charge >= 0.3 is 0 Å². The first-order valence-electron chi connectivity index (χ1n) is 5.72. The van der Waals surface area contributed by atoms with Crippen LogP contribution in [-0.4, -0.2) is 24.1 Å². The second kappa shape index (κ2) is 5.83. The average Bonchev–Trinajstić information content (AvgIpc) is 2.41. The molecule has 0 saturated heterocycles. The predicted molar refractivity (Wildman–Crippen MR) is 83.7 cm³/mol. The Kier molecular flexibility index (Phi) is 4.14. The van der Waals surface area contributed by atoms with Gasteiger partial charge in [0.25, 0.3) is 0 Å². The van der Waals surface area contributed by atoms with Crippen LogP contribution >= 0.6 is 15.9 Å². The molecular formula is C12H13BrN6O. The minimum absolute atomic E-state index is 0.00137. The summed E-state index contributed by atoms with van der Waals surface area (Å²) in [5.74, 6) is 0.714. The van der Waals surface area contributed by atoms with Gasteiger partial charge in [0, 0.05) is 24.3 Å². The lowest BCUT2D eigenvalue weighted by Crippen LogP contribution is -2.14. The van der Waals surface area contributed by atoms with E-state index in [1.807, 2.05) is 24.3 Å². The summed E-state index contributed by atoms with van der Waals surface area (Å²) < 4.78 is 0.952. The van der Waals surface area contributed by atoms with Gasteiger partial charge in [0.1, 0.15) is 0 Å². The molecule has 104 valence electrons. The van der Waals surface area contributed by atoms with E-state index in [2.05, 4.69) is 36.4 Å². The van der Waals surface area contributed by atoms with E-state index in [1.165, 1.54) is 0 Å². The first-order valence-corrected chi connectivity index (χ1v) is 6.51. The molecule has 0 aliphatic carbocycles. The second-order valence-electron chi connectivity index (χ2n) is 4.22. The summed E-state index contributed by atoms with van der Waals surface area (Å²) in [6.45, 7) is 0. The lowest BCUT2D eigenvalue weighted by Gasteiger charge is -2.14. The van der Waals surface area contributed by atoms with E-state index in [-0.39, 0.29) is 17.3 Å². The highest BCUT2D eigenvalue weighted by Gasteiger charge is 2.14. The van der Waals surface area contributed by atoms with Crippen LogP contribution in [0.3, 0.4) is 0 Å². The van der Waals surface area contributed by atoms with Gasteiger partial charge in [0.05, 0.1) is 0 Å². The molecule has 3 N–H and O–H groups in total. The molecule has 2 aromatic rings. The quantitative estimate of drug-likeness (QED) is 0.833. The predicted octanol–water partition coefficient (Wildman–Crippen LogP) is 3.03. The minimum Gasteiger partial charge on any atom is -0.382 e. The molecular weight excluding hydrogens is 324 g/mol. The van der Waals surface area contributed by atoms with Crippen LogP contribution in [0.1, 0.15) is 0 Å². The highest BCUT2D eigenvalue weighted by atomic mass is 79.9. The zero-order chi connectivity index (χ0) is 14.7. The van der Waals surface area contributed by atoms with Gasteiger partial charge in [-0.1, -0.05) is 15.9 Å². The van der Waals surface area contributed by atoms with Crippen LogP contribution in [0, 0.1) is 4.91 Å². The Morgan fingerprint density at radius 1 is 1.25 bits per heavy atom. The third-order valence-corrected chi connectivity index (χ3v) is 3.03. The summed E-state index contributed by atoms with van der Waals surface area (Å²) in [6, 6.07) is 7.42. The molecule has 0 aliphatic rings. The fourth-order valence-corrected chi connectivity index (χ4v) is 1.77. The number of anilines is 4. The normalized spacial score (nSPS) is 10.2. The zero-order valence-corrected chi connectivity index (χ0v) is 12.5. The first kappa shape index (κ1) is 14.2. The molecule has 0 fully saturated rings. The van der Waals surface area contributed by atoms with Crippen LogP contribution in [0.4, 0.5) is 29.0 Å². The topological polar surface area (TPSA) is 96.5 Å². The molecule has 1 aromatic carbocycles. The smallest absolute Gasteiger partial charge is 0.228 e. The van der Waals surface area contributed by atoms with Crippen LogP contribution in [0.25, 0.3) is 0 Å². The van der Waals surface area contributed by atoms with Gasteiger partial charge in [0.15, 0.2) is 17.3 Å². The van der Waals surface area contributed by atoms with Gasteiger partial charge < -0.3 is 16.0 Å². The zero-order valence-electron chi connectivity index (χ0n) is 11.0.